The maximum atomic E-state index is 5.87. The predicted molar refractivity (Wildman–Crippen MR) is 111 cm³/mol. The van der Waals surface area contributed by atoms with Crippen LogP contribution < -0.4 is 5.73 Å². The van der Waals surface area contributed by atoms with E-state index in [4.69, 9.17) is 17.1 Å². The molecule has 0 aliphatic heterocycles. The molecule has 1 aromatic rings. The Hall–Kier alpha value is -1.56. The number of anilines is 1. The minimum Gasteiger partial charge on any atom is -0.381 e. The lowest BCUT2D eigenvalue weighted by Gasteiger charge is -2.42. The van der Waals surface area contributed by atoms with Crippen LogP contribution in [0.1, 0.15) is 103 Å². The maximum absolute atomic E-state index is 5.87. The van der Waals surface area contributed by atoms with Crippen molar-refractivity contribution in [1.29, 1.82) is 0 Å². The topological polar surface area (TPSA) is 51.8 Å². The van der Waals surface area contributed by atoms with Crippen molar-refractivity contribution >= 4 is 5.82 Å². The van der Waals surface area contributed by atoms with Gasteiger partial charge in [-0.05, 0) is 48.4 Å². The standard InChI is InChI=1S/C23H37N3/c1-7-19-21(24)25-15-20(26-19)18-12-10-8-9-11-13-22(4,5)16-23(6,14-18)17(2)3/h1,15,17-18H,8-14,16H2,2-6H3,(H2,24,25). The molecule has 0 amide bonds. The lowest BCUT2D eigenvalue weighted by Crippen LogP contribution is -2.32. The molecule has 0 aromatic carbocycles. The Balaban J connectivity index is 2.38. The Morgan fingerprint density at radius 2 is 1.88 bits per heavy atom. The van der Waals surface area contributed by atoms with Gasteiger partial charge in [0.2, 0.25) is 0 Å². The number of hydrogen-bond donors (Lipinski definition) is 1. The van der Waals surface area contributed by atoms with Crippen molar-refractivity contribution in [2.24, 2.45) is 16.7 Å². The van der Waals surface area contributed by atoms with Gasteiger partial charge in [0, 0.05) is 5.92 Å². The van der Waals surface area contributed by atoms with Crippen LogP contribution in [0.15, 0.2) is 6.20 Å². The van der Waals surface area contributed by atoms with Gasteiger partial charge in [0.05, 0.1) is 11.9 Å². The largest absolute Gasteiger partial charge is 0.381 e. The van der Waals surface area contributed by atoms with E-state index in [1.54, 1.807) is 0 Å². The Labute approximate surface area is 160 Å². The summed E-state index contributed by atoms with van der Waals surface area (Å²) in [7, 11) is 0. The highest BCUT2D eigenvalue weighted by Crippen LogP contribution is 2.48. The van der Waals surface area contributed by atoms with E-state index in [0.717, 1.165) is 18.5 Å². The van der Waals surface area contributed by atoms with Crippen molar-refractivity contribution in [1.82, 2.24) is 9.97 Å². The summed E-state index contributed by atoms with van der Waals surface area (Å²) in [6, 6.07) is 0. The first-order valence-corrected chi connectivity index (χ1v) is 10.3. The van der Waals surface area contributed by atoms with Crippen molar-refractivity contribution < 1.29 is 0 Å². The number of nitrogen functional groups attached to an aromatic ring is 1. The van der Waals surface area contributed by atoms with Crippen molar-refractivity contribution in [2.75, 3.05) is 5.73 Å². The quantitative estimate of drug-likeness (QED) is 0.667. The van der Waals surface area contributed by atoms with Crippen LogP contribution >= 0.6 is 0 Å². The van der Waals surface area contributed by atoms with E-state index in [1.165, 1.54) is 38.5 Å². The Morgan fingerprint density at radius 1 is 1.19 bits per heavy atom. The fraction of sp³-hybridized carbons (Fsp3) is 0.739. The molecule has 2 rings (SSSR count). The molecule has 3 nitrogen and oxygen atoms in total. The van der Waals surface area contributed by atoms with E-state index in [9.17, 15) is 0 Å². The molecular formula is C23H37N3. The van der Waals surface area contributed by atoms with Crippen molar-refractivity contribution in [3.8, 4) is 12.3 Å². The highest BCUT2D eigenvalue weighted by Gasteiger charge is 2.37. The van der Waals surface area contributed by atoms with Crippen LogP contribution in [0.5, 0.6) is 0 Å². The zero-order valence-electron chi connectivity index (χ0n) is 17.4. The second-order valence-electron chi connectivity index (χ2n) is 9.68. The SMILES string of the molecule is C#Cc1nc(C2CCCCCCC(C)(C)CC(C)(C(C)C)C2)cnc1N. The van der Waals surface area contributed by atoms with Gasteiger partial charge in [0.25, 0.3) is 0 Å². The second-order valence-corrected chi connectivity index (χ2v) is 9.68. The third-order valence-corrected chi connectivity index (χ3v) is 6.52. The van der Waals surface area contributed by atoms with Crippen LogP contribution in [0.4, 0.5) is 5.82 Å². The molecule has 3 heteroatoms. The van der Waals surface area contributed by atoms with Crippen molar-refractivity contribution in [3.63, 3.8) is 0 Å². The number of rotatable bonds is 2. The van der Waals surface area contributed by atoms with Gasteiger partial charge in [0.1, 0.15) is 0 Å². The molecule has 1 aliphatic rings. The molecule has 1 aromatic heterocycles. The van der Waals surface area contributed by atoms with Crippen molar-refractivity contribution in [3.05, 3.63) is 17.6 Å². The molecule has 2 unspecified atom stereocenters. The Morgan fingerprint density at radius 3 is 2.54 bits per heavy atom. The molecule has 2 atom stereocenters. The molecule has 26 heavy (non-hydrogen) atoms. The molecule has 1 heterocycles. The molecule has 1 aliphatic carbocycles. The van der Waals surface area contributed by atoms with Crippen LogP contribution in [0.3, 0.4) is 0 Å². The summed E-state index contributed by atoms with van der Waals surface area (Å²) in [5.41, 5.74) is 8.04. The zero-order chi connectivity index (χ0) is 19.4. The number of terminal acetylenes is 1. The summed E-state index contributed by atoms with van der Waals surface area (Å²) in [6.45, 7) is 12.1. The smallest absolute Gasteiger partial charge is 0.158 e. The molecule has 0 bridgehead atoms. The van der Waals surface area contributed by atoms with Gasteiger partial charge in [-0.1, -0.05) is 60.3 Å². The van der Waals surface area contributed by atoms with Gasteiger partial charge in [-0.2, -0.15) is 0 Å². The number of hydrogen-bond acceptors (Lipinski definition) is 3. The Bertz CT molecular complexity index is 641. The first-order valence-electron chi connectivity index (χ1n) is 10.3. The number of aromatic nitrogens is 2. The van der Waals surface area contributed by atoms with Crippen LogP contribution in [0.25, 0.3) is 0 Å². The van der Waals surface area contributed by atoms with Gasteiger partial charge in [-0.15, -0.1) is 6.42 Å². The summed E-state index contributed by atoms with van der Waals surface area (Å²) in [4.78, 5) is 9.04. The molecule has 1 saturated carbocycles. The average Bonchev–Trinajstić information content (AvgIpc) is 2.58. The number of nitrogens with zero attached hydrogens (tertiary/aromatic N) is 2. The number of nitrogens with two attached hydrogens (primary N) is 1. The monoisotopic (exact) mass is 355 g/mol. The van der Waals surface area contributed by atoms with E-state index >= 15 is 0 Å². The predicted octanol–water partition coefficient (Wildman–Crippen LogP) is 5.95. The van der Waals surface area contributed by atoms with Crippen LogP contribution in [-0.2, 0) is 0 Å². The second kappa shape index (κ2) is 8.42. The molecular weight excluding hydrogens is 318 g/mol. The molecule has 2 N–H and O–H groups in total. The van der Waals surface area contributed by atoms with E-state index in [1.807, 2.05) is 6.20 Å². The van der Waals surface area contributed by atoms with Gasteiger partial charge in [0.15, 0.2) is 11.5 Å². The normalized spacial score (nSPS) is 27.5. The van der Waals surface area contributed by atoms with E-state index < -0.39 is 0 Å². The van der Waals surface area contributed by atoms with Gasteiger partial charge < -0.3 is 5.73 Å². The third-order valence-electron chi connectivity index (χ3n) is 6.52. The molecule has 0 spiro atoms. The fourth-order valence-corrected chi connectivity index (χ4v) is 4.67. The van der Waals surface area contributed by atoms with Gasteiger partial charge >= 0.3 is 0 Å². The summed E-state index contributed by atoms with van der Waals surface area (Å²) in [5.74, 6) is 3.98. The van der Waals surface area contributed by atoms with Crippen LogP contribution in [-0.4, -0.2) is 9.97 Å². The zero-order valence-corrected chi connectivity index (χ0v) is 17.4. The minimum atomic E-state index is 0.276. The molecule has 0 radical (unpaired) electrons. The van der Waals surface area contributed by atoms with Crippen LogP contribution in [0.2, 0.25) is 0 Å². The highest BCUT2D eigenvalue weighted by molar-refractivity contribution is 5.45. The average molecular weight is 356 g/mol. The van der Waals surface area contributed by atoms with Gasteiger partial charge in [-0.3, -0.25) is 0 Å². The minimum absolute atomic E-state index is 0.276. The van der Waals surface area contributed by atoms with E-state index in [2.05, 4.69) is 45.5 Å². The third kappa shape index (κ3) is 5.22. The lowest BCUT2D eigenvalue weighted by atomic mass is 9.63. The molecule has 1 fully saturated rings. The van der Waals surface area contributed by atoms with E-state index in [-0.39, 0.29) is 5.41 Å². The first kappa shape index (κ1) is 20.7. The van der Waals surface area contributed by atoms with Crippen LogP contribution in [0, 0.1) is 29.1 Å². The Kier molecular flexibility index (Phi) is 6.72. The molecule has 144 valence electrons. The maximum Gasteiger partial charge on any atom is 0.158 e. The highest BCUT2D eigenvalue weighted by atomic mass is 14.9. The summed E-state index contributed by atoms with van der Waals surface area (Å²) < 4.78 is 0. The fourth-order valence-electron chi connectivity index (χ4n) is 4.67. The van der Waals surface area contributed by atoms with Gasteiger partial charge in [-0.25, -0.2) is 9.97 Å². The first-order chi connectivity index (χ1) is 12.2. The van der Waals surface area contributed by atoms with Crippen molar-refractivity contribution in [2.45, 2.75) is 91.9 Å². The summed E-state index contributed by atoms with van der Waals surface area (Å²) in [5, 5.41) is 0. The summed E-state index contributed by atoms with van der Waals surface area (Å²) >= 11 is 0. The molecule has 0 saturated heterocycles. The van der Waals surface area contributed by atoms with E-state index in [0.29, 0.717) is 28.8 Å². The summed E-state index contributed by atoms with van der Waals surface area (Å²) in [6.07, 6.45) is 17.5. The lowest BCUT2D eigenvalue weighted by molar-refractivity contribution is 0.0919.